The molecule has 2 N–H and O–H groups in total. The topological polar surface area (TPSA) is 38.4 Å². The Kier molecular flexibility index (Phi) is 1.80. The Hall–Kier alpha value is -0.630. The summed E-state index contributed by atoms with van der Waals surface area (Å²) >= 11 is 0. The number of rotatable bonds is 2. The van der Waals surface area contributed by atoms with Crippen LogP contribution in [0, 0.1) is 0 Å². The monoisotopic (exact) mass is 110 g/mol. The highest BCUT2D eigenvalue weighted by molar-refractivity contribution is 5.65. The van der Waals surface area contributed by atoms with E-state index in [0.29, 0.717) is 0 Å². The lowest BCUT2D eigenvalue weighted by molar-refractivity contribution is 0.938. The van der Waals surface area contributed by atoms with Crippen LogP contribution in [0.4, 0.5) is 0 Å². The van der Waals surface area contributed by atoms with Gasteiger partial charge in [0.2, 0.25) is 0 Å². The molecule has 0 aromatic rings. The lowest BCUT2D eigenvalue weighted by Crippen LogP contribution is -1.99. The van der Waals surface area contributed by atoms with Gasteiger partial charge in [0.15, 0.2) is 0 Å². The minimum atomic E-state index is 0.745. The molecule has 1 rings (SSSR count). The van der Waals surface area contributed by atoms with Crippen LogP contribution in [0.15, 0.2) is 16.8 Å². The van der Waals surface area contributed by atoms with Crippen molar-refractivity contribution in [2.45, 2.75) is 12.8 Å². The van der Waals surface area contributed by atoms with Gasteiger partial charge in [-0.2, -0.15) is 0 Å². The van der Waals surface area contributed by atoms with Crippen molar-refractivity contribution >= 4 is 6.21 Å². The van der Waals surface area contributed by atoms with E-state index in [1.54, 1.807) is 0 Å². The average molecular weight is 110 g/mol. The molecule has 0 radical (unpaired) electrons. The molecular formula is C6H10N2. The maximum absolute atomic E-state index is 5.31. The van der Waals surface area contributed by atoms with E-state index < -0.39 is 0 Å². The van der Waals surface area contributed by atoms with Crippen LogP contribution in [-0.2, 0) is 0 Å². The van der Waals surface area contributed by atoms with E-state index in [2.05, 4.69) is 4.99 Å². The van der Waals surface area contributed by atoms with Crippen LogP contribution in [0.25, 0.3) is 0 Å². The molecule has 0 bridgehead atoms. The Bertz CT molecular complexity index is 124. The van der Waals surface area contributed by atoms with Gasteiger partial charge in [-0.1, -0.05) is 0 Å². The van der Waals surface area contributed by atoms with E-state index >= 15 is 0 Å². The van der Waals surface area contributed by atoms with E-state index in [1.807, 2.05) is 12.4 Å². The van der Waals surface area contributed by atoms with Crippen LogP contribution in [-0.4, -0.2) is 12.8 Å². The first-order chi connectivity index (χ1) is 3.93. The molecule has 1 aliphatic heterocycles. The molecule has 8 heavy (non-hydrogen) atoms. The van der Waals surface area contributed by atoms with Gasteiger partial charge in [0.25, 0.3) is 0 Å². The Balaban J connectivity index is 2.28. The van der Waals surface area contributed by atoms with Crippen molar-refractivity contribution in [1.29, 1.82) is 0 Å². The summed E-state index contributed by atoms with van der Waals surface area (Å²) in [4.78, 5) is 3.94. The van der Waals surface area contributed by atoms with Gasteiger partial charge >= 0.3 is 0 Å². The average Bonchev–Trinajstić information content (AvgIpc) is 2.19. The molecular weight excluding hydrogens is 100 g/mol. The summed E-state index contributed by atoms with van der Waals surface area (Å²) in [6, 6.07) is 0. The highest BCUT2D eigenvalue weighted by Gasteiger charge is 1.96. The molecule has 1 heterocycles. The zero-order chi connectivity index (χ0) is 5.82. The molecule has 0 amide bonds. The van der Waals surface area contributed by atoms with E-state index in [1.165, 1.54) is 5.57 Å². The Morgan fingerprint density at radius 1 is 1.75 bits per heavy atom. The van der Waals surface area contributed by atoms with Crippen LogP contribution < -0.4 is 5.73 Å². The number of aliphatic imine (C=N–C) groups is 1. The maximum atomic E-state index is 5.31. The van der Waals surface area contributed by atoms with Gasteiger partial charge in [-0.15, -0.1) is 0 Å². The van der Waals surface area contributed by atoms with Crippen molar-refractivity contribution in [3.05, 3.63) is 11.8 Å². The molecule has 0 spiro atoms. The van der Waals surface area contributed by atoms with Crippen LogP contribution in [0.5, 0.6) is 0 Å². The van der Waals surface area contributed by atoms with Gasteiger partial charge in [0, 0.05) is 18.8 Å². The Morgan fingerprint density at radius 2 is 2.62 bits per heavy atom. The number of nitrogens with two attached hydrogens (primary N) is 1. The molecule has 0 aliphatic carbocycles. The molecule has 44 valence electrons. The predicted molar refractivity (Wildman–Crippen MR) is 34.9 cm³/mol. The molecule has 0 saturated heterocycles. The van der Waals surface area contributed by atoms with Crippen molar-refractivity contribution in [3.63, 3.8) is 0 Å². The van der Waals surface area contributed by atoms with Gasteiger partial charge in [-0.05, 0) is 18.5 Å². The summed E-state index contributed by atoms with van der Waals surface area (Å²) in [5, 5.41) is 0. The summed E-state index contributed by atoms with van der Waals surface area (Å²) in [7, 11) is 0. The van der Waals surface area contributed by atoms with E-state index in [4.69, 9.17) is 5.73 Å². The first-order valence-electron chi connectivity index (χ1n) is 2.83. The third-order valence-electron chi connectivity index (χ3n) is 1.18. The second-order valence-corrected chi connectivity index (χ2v) is 1.86. The van der Waals surface area contributed by atoms with Crippen LogP contribution in [0.3, 0.4) is 0 Å². The lowest BCUT2D eigenvalue weighted by atomic mass is 10.2. The Labute approximate surface area is 49.1 Å². The number of hydrogen-bond acceptors (Lipinski definition) is 2. The second kappa shape index (κ2) is 2.62. The first kappa shape index (κ1) is 5.51. The molecule has 0 aromatic carbocycles. The van der Waals surface area contributed by atoms with E-state index in [-0.39, 0.29) is 0 Å². The molecule has 0 fully saturated rings. The molecule has 0 atom stereocenters. The summed E-state index contributed by atoms with van der Waals surface area (Å²) in [5.74, 6) is 0. The highest BCUT2D eigenvalue weighted by atomic mass is 14.7. The fourth-order valence-electron chi connectivity index (χ4n) is 0.733. The molecule has 2 nitrogen and oxygen atoms in total. The van der Waals surface area contributed by atoms with E-state index in [0.717, 1.165) is 19.4 Å². The van der Waals surface area contributed by atoms with Crippen LogP contribution >= 0.6 is 0 Å². The van der Waals surface area contributed by atoms with Gasteiger partial charge in [0.1, 0.15) is 0 Å². The molecule has 2 heteroatoms. The fourth-order valence-corrected chi connectivity index (χ4v) is 0.733. The summed E-state index contributed by atoms with van der Waals surface area (Å²) in [6.45, 7) is 0.745. The smallest absolute Gasteiger partial charge is 0.0260 e. The zero-order valence-electron chi connectivity index (χ0n) is 4.80. The van der Waals surface area contributed by atoms with Gasteiger partial charge in [-0.3, -0.25) is 4.99 Å². The maximum Gasteiger partial charge on any atom is 0.0260 e. The minimum absolute atomic E-state index is 0.745. The molecule has 1 aliphatic rings. The van der Waals surface area contributed by atoms with Crippen LogP contribution in [0.1, 0.15) is 12.8 Å². The van der Waals surface area contributed by atoms with Crippen molar-refractivity contribution < 1.29 is 0 Å². The van der Waals surface area contributed by atoms with Crippen molar-refractivity contribution in [2.75, 3.05) is 6.54 Å². The highest BCUT2D eigenvalue weighted by Crippen LogP contribution is 2.08. The molecule has 0 unspecified atom stereocenters. The first-order valence-corrected chi connectivity index (χ1v) is 2.83. The largest absolute Gasteiger partial charge is 0.330 e. The van der Waals surface area contributed by atoms with Crippen molar-refractivity contribution in [1.82, 2.24) is 0 Å². The fraction of sp³-hybridized carbons (Fsp3) is 0.500. The van der Waals surface area contributed by atoms with Crippen molar-refractivity contribution in [3.8, 4) is 0 Å². The summed E-state index contributed by atoms with van der Waals surface area (Å²) in [5.41, 5.74) is 6.67. The van der Waals surface area contributed by atoms with Gasteiger partial charge in [-0.25, -0.2) is 0 Å². The van der Waals surface area contributed by atoms with Gasteiger partial charge in [0.05, 0.1) is 0 Å². The van der Waals surface area contributed by atoms with Crippen LogP contribution in [0.2, 0.25) is 0 Å². The van der Waals surface area contributed by atoms with Gasteiger partial charge < -0.3 is 5.73 Å². The van der Waals surface area contributed by atoms with E-state index in [9.17, 15) is 0 Å². The SMILES string of the molecule is NCCC1=CN=CC1. The summed E-state index contributed by atoms with van der Waals surface area (Å²) in [6.07, 6.45) is 5.81. The molecule has 0 aromatic heterocycles. The lowest BCUT2D eigenvalue weighted by Gasteiger charge is -1.92. The second-order valence-electron chi connectivity index (χ2n) is 1.86. The minimum Gasteiger partial charge on any atom is -0.330 e. The number of nitrogens with zero attached hydrogens (tertiary/aromatic N) is 1. The predicted octanol–water partition coefficient (Wildman–Crippen LogP) is 0.694. The summed E-state index contributed by atoms with van der Waals surface area (Å²) < 4.78 is 0. The van der Waals surface area contributed by atoms with Crippen molar-refractivity contribution in [2.24, 2.45) is 10.7 Å². The molecule has 0 saturated carbocycles. The number of hydrogen-bond donors (Lipinski definition) is 1. The Morgan fingerprint density at radius 3 is 3.12 bits per heavy atom. The normalized spacial score (nSPS) is 16.9. The zero-order valence-corrected chi connectivity index (χ0v) is 4.80. The third-order valence-corrected chi connectivity index (χ3v) is 1.18. The standard InChI is InChI=1S/C6H10N2/c7-3-1-6-2-4-8-5-6/h4-5H,1-3,7H2. The quantitative estimate of drug-likeness (QED) is 0.558. The third kappa shape index (κ3) is 1.17.